The first-order valence-corrected chi connectivity index (χ1v) is 5.85. The summed E-state index contributed by atoms with van der Waals surface area (Å²) in [5.41, 5.74) is 0.986. The zero-order valence-corrected chi connectivity index (χ0v) is 11.4. The minimum absolute atomic E-state index is 0.147. The molecule has 102 valence electrons. The number of rotatable bonds is 6. The van der Waals surface area contributed by atoms with E-state index in [4.69, 9.17) is 14.2 Å². The zero-order chi connectivity index (χ0) is 14.3. The number of carbonyl (C=O) groups excluding carboxylic acids is 1. The van der Waals surface area contributed by atoms with Crippen molar-refractivity contribution in [3.8, 4) is 11.5 Å². The summed E-state index contributed by atoms with van der Waals surface area (Å²) in [5.74, 6) is 0.566. The Morgan fingerprint density at radius 1 is 1.26 bits per heavy atom. The van der Waals surface area contributed by atoms with E-state index in [1.54, 1.807) is 25.3 Å². The molecule has 4 heteroatoms. The lowest BCUT2D eigenvalue weighted by Gasteiger charge is -2.14. The summed E-state index contributed by atoms with van der Waals surface area (Å²) in [6, 6.07) is 3.43. The van der Waals surface area contributed by atoms with Crippen molar-refractivity contribution in [3.63, 3.8) is 0 Å². The molecular weight excluding hydrogens is 244 g/mol. The number of carbonyl (C=O) groups is 1. The van der Waals surface area contributed by atoms with E-state index in [9.17, 15) is 4.79 Å². The van der Waals surface area contributed by atoms with Crippen LogP contribution in [-0.4, -0.2) is 26.8 Å². The second-order valence-corrected chi connectivity index (χ2v) is 3.65. The van der Waals surface area contributed by atoms with Gasteiger partial charge in [0.15, 0.2) is 0 Å². The lowest BCUT2D eigenvalue weighted by Crippen LogP contribution is -2.10. The first-order chi connectivity index (χ1) is 9.19. The summed E-state index contributed by atoms with van der Waals surface area (Å²) in [4.78, 5) is 12.1. The fraction of sp³-hybridized carbons (Fsp3) is 0.267. The highest BCUT2D eigenvalue weighted by atomic mass is 16.5. The molecule has 1 aromatic carbocycles. The molecule has 0 fully saturated rings. The average molecular weight is 262 g/mol. The number of allylic oxidation sites excluding steroid dienone is 1. The van der Waals surface area contributed by atoms with Gasteiger partial charge in [-0.25, -0.2) is 4.79 Å². The van der Waals surface area contributed by atoms with Crippen LogP contribution in [0.1, 0.15) is 22.8 Å². The van der Waals surface area contributed by atoms with Crippen molar-refractivity contribution in [2.45, 2.75) is 6.92 Å². The molecule has 0 N–H and O–H groups in total. The molecule has 0 aliphatic carbocycles. The summed E-state index contributed by atoms with van der Waals surface area (Å²) in [5, 5.41) is 0. The van der Waals surface area contributed by atoms with Crippen molar-refractivity contribution >= 4 is 12.0 Å². The van der Waals surface area contributed by atoms with Crippen molar-refractivity contribution in [3.05, 3.63) is 42.0 Å². The number of benzene rings is 1. The predicted molar refractivity (Wildman–Crippen MR) is 74.7 cm³/mol. The third kappa shape index (κ3) is 3.37. The number of hydrogen-bond donors (Lipinski definition) is 0. The second kappa shape index (κ2) is 7.26. The molecule has 0 spiro atoms. The van der Waals surface area contributed by atoms with Gasteiger partial charge in [-0.1, -0.05) is 24.8 Å². The number of hydrogen-bond acceptors (Lipinski definition) is 4. The third-order valence-corrected chi connectivity index (χ3v) is 2.48. The normalized spacial score (nSPS) is 10.3. The lowest BCUT2D eigenvalue weighted by molar-refractivity contribution is 0.0545. The largest absolute Gasteiger partial charge is 0.496 e. The SMILES string of the molecule is C=CCOC(=O)c1c(OC)ccc(OC)c1/C=C/C. The Bertz CT molecular complexity index is 489. The van der Waals surface area contributed by atoms with Crippen molar-refractivity contribution in [2.24, 2.45) is 0 Å². The molecular formula is C15H18O4. The fourth-order valence-electron chi connectivity index (χ4n) is 1.68. The minimum atomic E-state index is -0.469. The maximum Gasteiger partial charge on any atom is 0.342 e. The molecule has 0 radical (unpaired) electrons. The Balaban J connectivity index is 3.37. The average Bonchev–Trinajstić information content (AvgIpc) is 2.44. The molecule has 0 saturated carbocycles. The maximum absolute atomic E-state index is 12.1. The molecule has 0 aliphatic heterocycles. The molecule has 0 atom stereocenters. The molecule has 0 aliphatic rings. The van der Waals surface area contributed by atoms with Crippen LogP contribution in [0.4, 0.5) is 0 Å². The van der Waals surface area contributed by atoms with Crippen molar-refractivity contribution in [1.29, 1.82) is 0 Å². The Kier molecular flexibility index (Phi) is 5.67. The van der Waals surface area contributed by atoms with E-state index in [-0.39, 0.29) is 6.61 Å². The van der Waals surface area contributed by atoms with Gasteiger partial charge in [-0.2, -0.15) is 0 Å². The first-order valence-electron chi connectivity index (χ1n) is 5.85. The summed E-state index contributed by atoms with van der Waals surface area (Å²) in [6.07, 6.45) is 5.12. The van der Waals surface area contributed by atoms with Crippen LogP contribution in [0.2, 0.25) is 0 Å². The van der Waals surface area contributed by atoms with Crippen LogP contribution in [0.5, 0.6) is 11.5 Å². The van der Waals surface area contributed by atoms with Crippen LogP contribution in [0, 0.1) is 0 Å². The lowest BCUT2D eigenvalue weighted by atomic mass is 10.0. The van der Waals surface area contributed by atoms with Gasteiger partial charge in [0.1, 0.15) is 23.7 Å². The van der Waals surface area contributed by atoms with Gasteiger partial charge in [-0.05, 0) is 19.1 Å². The Hall–Kier alpha value is -2.23. The van der Waals surface area contributed by atoms with E-state index < -0.39 is 5.97 Å². The quantitative estimate of drug-likeness (QED) is 0.584. The molecule has 1 rings (SSSR count). The van der Waals surface area contributed by atoms with Crippen molar-refractivity contribution in [1.82, 2.24) is 0 Å². The van der Waals surface area contributed by atoms with E-state index in [0.29, 0.717) is 22.6 Å². The monoisotopic (exact) mass is 262 g/mol. The van der Waals surface area contributed by atoms with Crippen LogP contribution in [0.3, 0.4) is 0 Å². The number of esters is 1. The Morgan fingerprint density at radius 3 is 2.42 bits per heavy atom. The van der Waals surface area contributed by atoms with Gasteiger partial charge in [0.05, 0.1) is 14.2 Å². The maximum atomic E-state index is 12.1. The molecule has 0 saturated heterocycles. The van der Waals surface area contributed by atoms with Crippen LogP contribution in [-0.2, 0) is 4.74 Å². The molecule has 0 unspecified atom stereocenters. The predicted octanol–water partition coefficient (Wildman–Crippen LogP) is 3.08. The van der Waals surface area contributed by atoms with E-state index in [2.05, 4.69) is 6.58 Å². The number of methoxy groups -OCH3 is 2. The number of ether oxygens (including phenoxy) is 3. The van der Waals surface area contributed by atoms with Crippen LogP contribution in [0.25, 0.3) is 6.08 Å². The minimum Gasteiger partial charge on any atom is -0.496 e. The summed E-state index contributed by atoms with van der Waals surface area (Å²) < 4.78 is 15.6. The Labute approximate surface area is 113 Å². The van der Waals surface area contributed by atoms with Gasteiger partial charge in [-0.15, -0.1) is 0 Å². The molecule has 4 nitrogen and oxygen atoms in total. The molecule has 0 amide bonds. The van der Waals surface area contributed by atoms with Gasteiger partial charge in [-0.3, -0.25) is 0 Å². The zero-order valence-electron chi connectivity index (χ0n) is 11.4. The Morgan fingerprint density at radius 2 is 1.89 bits per heavy atom. The van der Waals surface area contributed by atoms with Crippen molar-refractivity contribution < 1.29 is 19.0 Å². The van der Waals surface area contributed by atoms with E-state index >= 15 is 0 Å². The summed E-state index contributed by atoms with van der Waals surface area (Å²) >= 11 is 0. The van der Waals surface area contributed by atoms with Crippen LogP contribution < -0.4 is 9.47 Å². The second-order valence-electron chi connectivity index (χ2n) is 3.65. The van der Waals surface area contributed by atoms with Crippen LogP contribution in [0.15, 0.2) is 30.9 Å². The molecule has 19 heavy (non-hydrogen) atoms. The van der Waals surface area contributed by atoms with Crippen molar-refractivity contribution in [2.75, 3.05) is 20.8 Å². The smallest absolute Gasteiger partial charge is 0.342 e. The molecule has 0 bridgehead atoms. The molecule has 1 aromatic rings. The van der Waals surface area contributed by atoms with Gasteiger partial charge in [0.2, 0.25) is 0 Å². The van der Waals surface area contributed by atoms with E-state index in [1.165, 1.54) is 13.2 Å². The topological polar surface area (TPSA) is 44.8 Å². The highest BCUT2D eigenvalue weighted by Gasteiger charge is 2.20. The summed E-state index contributed by atoms with van der Waals surface area (Å²) in [6.45, 7) is 5.52. The third-order valence-electron chi connectivity index (χ3n) is 2.48. The molecule has 0 heterocycles. The summed E-state index contributed by atoms with van der Waals surface area (Å²) in [7, 11) is 3.05. The van der Waals surface area contributed by atoms with Gasteiger partial charge >= 0.3 is 5.97 Å². The highest BCUT2D eigenvalue weighted by molar-refractivity contribution is 5.98. The first kappa shape index (κ1) is 14.8. The fourth-order valence-corrected chi connectivity index (χ4v) is 1.68. The van der Waals surface area contributed by atoms with Gasteiger partial charge in [0.25, 0.3) is 0 Å². The standard InChI is InChI=1S/C15H18O4/c1-5-7-11-12(17-3)8-9-13(18-4)14(11)15(16)19-10-6-2/h5-9H,2,10H2,1,3-4H3/b7-5+. The van der Waals surface area contributed by atoms with Gasteiger partial charge in [0, 0.05) is 5.56 Å². The van der Waals surface area contributed by atoms with E-state index in [1.807, 2.05) is 13.0 Å². The van der Waals surface area contributed by atoms with Crippen LogP contribution >= 0.6 is 0 Å². The van der Waals surface area contributed by atoms with E-state index in [0.717, 1.165) is 0 Å². The molecule has 0 aromatic heterocycles. The van der Waals surface area contributed by atoms with Gasteiger partial charge < -0.3 is 14.2 Å². The highest BCUT2D eigenvalue weighted by Crippen LogP contribution is 2.32.